The van der Waals surface area contributed by atoms with Gasteiger partial charge in [-0.3, -0.25) is 24.5 Å². The Morgan fingerprint density at radius 1 is 0.875 bits per heavy atom. The molecule has 1 aromatic carbocycles. The Kier molecular flexibility index (Phi) is 25.8. The highest BCUT2D eigenvalue weighted by Gasteiger charge is 2.52. The van der Waals surface area contributed by atoms with Crippen LogP contribution in [0.5, 0.6) is 17.2 Å². The van der Waals surface area contributed by atoms with Crippen LogP contribution in [0, 0.1) is 34.2 Å². The van der Waals surface area contributed by atoms with Crippen LogP contribution in [0.3, 0.4) is 0 Å². The van der Waals surface area contributed by atoms with Gasteiger partial charge in [-0.2, -0.15) is 5.48 Å². The number of aliphatic carboxylic acids is 1. The van der Waals surface area contributed by atoms with Gasteiger partial charge in [0.2, 0.25) is 17.2 Å². The molecule has 2 aliphatic carbocycles. The normalized spacial score (nSPS) is 34.6. The molecule has 4 aliphatic heterocycles. The van der Waals surface area contributed by atoms with Gasteiger partial charge in [-0.15, -0.1) is 0 Å². The number of hydrogen-bond donors (Lipinski definition) is 9. The molecule has 1 aromatic rings. The fourth-order valence-electron chi connectivity index (χ4n) is 10.6. The Morgan fingerprint density at radius 2 is 1.58 bits per heavy atom. The number of amides is 1. The van der Waals surface area contributed by atoms with Crippen molar-refractivity contribution in [2.75, 3.05) is 54.5 Å². The molecule has 6 aliphatic rings. The minimum atomic E-state index is -2.19. The molecular formula is C58H78IN3O23S3. The van der Waals surface area contributed by atoms with E-state index in [9.17, 15) is 49.8 Å². The number of ether oxygens (including phenoxy) is 12. The Hall–Kier alpha value is -3.82. The number of ketones is 1. The quantitative estimate of drug-likeness (QED) is 0.0250. The zero-order chi connectivity index (χ0) is 64.5. The third-order valence-corrected chi connectivity index (χ3v) is 21.1. The smallest absolute Gasteiger partial charge is 0.411 e. The highest BCUT2D eigenvalue weighted by Crippen LogP contribution is 2.49. The van der Waals surface area contributed by atoms with Crippen LogP contribution in [-0.4, -0.2) is 228 Å². The first kappa shape index (κ1) is 71.6. The molecule has 26 nitrogen and oxygen atoms in total. The van der Waals surface area contributed by atoms with Crippen molar-refractivity contribution in [2.45, 2.75) is 188 Å². The maximum Gasteiger partial charge on any atom is 0.411 e. The van der Waals surface area contributed by atoms with E-state index in [1.165, 1.54) is 47.3 Å². The molecule has 0 unspecified atom stereocenters. The number of fused-ring (bicyclic) bond motifs is 2. The van der Waals surface area contributed by atoms with Crippen molar-refractivity contribution >= 4 is 78.9 Å². The first-order valence-corrected chi connectivity index (χ1v) is 32.5. The number of aliphatic hydroxyl groups excluding tert-OH is 4. The molecule has 9 N–H and O–H groups in total. The number of aliphatic hydroxyl groups is 5. The van der Waals surface area contributed by atoms with E-state index in [4.69, 9.17) is 61.7 Å². The third kappa shape index (κ3) is 16.3. The number of nitrogens with one attached hydrogen (secondary N) is 3. The molecule has 4 saturated heterocycles. The maximum atomic E-state index is 14.5. The average Bonchev–Trinajstić information content (AvgIpc) is 1.00. The molecule has 30 heteroatoms. The summed E-state index contributed by atoms with van der Waals surface area (Å²) in [6.07, 6.45) is -14.9. The summed E-state index contributed by atoms with van der Waals surface area (Å²) in [5.74, 6) is 9.68. The van der Waals surface area contributed by atoms with E-state index in [0.717, 1.165) is 40.5 Å². The number of carboxylic acid groups (broad SMARTS) is 1. The second kappa shape index (κ2) is 31.7. The van der Waals surface area contributed by atoms with E-state index < -0.39 is 143 Å². The number of benzene rings is 1. The van der Waals surface area contributed by atoms with Gasteiger partial charge >= 0.3 is 12.1 Å². The number of carboxylic acids is 1. The highest BCUT2D eigenvalue weighted by atomic mass is 127. The van der Waals surface area contributed by atoms with E-state index in [0.29, 0.717) is 15.7 Å². The summed E-state index contributed by atoms with van der Waals surface area (Å²) in [4.78, 5) is 59.7. The number of carbonyl (C=O) groups is 4. The summed E-state index contributed by atoms with van der Waals surface area (Å²) >= 11 is 2.80. The lowest BCUT2D eigenvalue weighted by atomic mass is 9.75. The zero-order valence-electron chi connectivity index (χ0n) is 50.6. The summed E-state index contributed by atoms with van der Waals surface area (Å²) in [5, 5.41) is 72.5. The van der Waals surface area contributed by atoms with Crippen molar-refractivity contribution in [3.63, 3.8) is 0 Å². The summed E-state index contributed by atoms with van der Waals surface area (Å²) in [6.45, 7) is 12.3. The number of allylic oxidation sites excluding steroid dienone is 3. The zero-order valence-corrected chi connectivity index (χ0v) is 55.2. The SMILES string of the molecule is CCN[C@H]1CO[C@@H](O[C@H]2[C@H](O[C@H]3C#CC=CC#C[C@]4(O)CC(=O)C(NC(=O)OC)=C3/C4=C\CSSC(C)(C)C(=O)O)O[C@H](C)[C@@H](NO[C@H]3C[C@H](O)[C@H](SC(=O)c4c(C)c(I)c(O[C@@H]5O[C@@H](C)[C@H](O)[C@@H](OC)[C@H]5O)c(OC)c4OC)[C@@H](C)O3)[C@@H]2O)C[C@@H]1OC. The lowest BCUT2D eigenvalue weighted by molar-refractivity contribution is -0.336. The summed E-state index contributed by atoms with van der Waals surface area (Å²) < 4.78 is 71.2. The number of rotatable bonds is 23. The van der Waals surface area contributed by atoms with Gasteiger partial charge in [-0.1, -0.05) is 70.0 Å². The van der Waals surface area contributed by atoms with Gasteiger partial charge in [-0.05, 0) is 88.4 Å². The van der Waals surface area contributed by atoms with Crippen LogP contribution in [0.4, 0.5) is 4.79 Å². The van der Waals surface area contributed by atoms with Crippen LogP contribution in [0.25, 0.3) is 0 Å². The molecule has 7 rings (SSSR count). The predicted octanol–water partition coefficient (Wildman–Crippen LogP) is 2.78. The van der Waals surface area contributed by atoms with Gasteiger partial charge in [0.05, 0.1) is 97.0 Å². The van der Waals surface area contributed by atoms with E-state index in [2.05, 4.69) is 39.8 Å². The fourth-order valence-corrected chi connectivity index (χ4v) is 14.6. The van der Waals surface area contributed by atoms with E-state index in [1.54, 1.807) is 40.9 Å². The molecule has 2 bridgehead atoms. The summed E-state index contributed by atoms with van der Waals surface area (Å²) in [7, 11) is 8.90. The van der Waals surface area contributed by atoms with Crippen molar-refractivity contribution in [3.8, 4) is 40.9 Å². The maximum absolute atomic E-state index is 14.5. The minimum absolute atomic E-state index is 0.00933. The Morgan fingerprint density at radius 3 is 2.23 bits per heavy atom. The number of alkyl carbamates (subject to hydrolysis) is 1. The lowest BCUT2D eigenvalue weighted by Gasteiger charge is -2.46. The lowest BCUT2D eigenvalue weighted by Crippen LogP contribution is -2.65. The number of likely N-dealkylation sites (N-methyl/N-ethyl adjacent to an activating group) is 1. The number of carbonyl (C=O) groups excluding carboxylic acids is 3. The molecule has 0 radical (unpaired) electrons. The van der Waals surface area contributed by atoms with Gasteiger partial charge in [0, 0.05) is 44.0 Å². The fraction of sp³-hybridized carbons (Fsp3) is 0.655. The van der Waals surface area contributed by atoms with Crippen LogP contribution in [0.2, 0.25) is 0 Å². The molecule has 4 heterocycles. The van der Waals surface area contributed by atoms with Crippen LogP contribution in [-0.2, 0) is 57.1 Å². The first-order valence-electron chi connectivity index (χ1n) is 28.2. The number of methoxy groups -OCH3 is 5. The largest absolute Gasteiger partial charge is 0.492 e. The van der Waals surface area contributed by atoms with E-state index >= 15 is 0 Å². The van der Waals surface area contributed by atoms with Crippen LogP contribution in [0.1, 0.15) is 76.7 Å². The number of Topliss-reactive ketones (excluding diaryl/α,β-unsaturated/α-hetero) is 1. The Labute approximate surface area is 536 Å². The second-order valence-electron chi connectivity index (χ2n) is 21.7. The molecule has 0 spiro atoms. The number of thioether (sulfide) groups is 1. The number of hydrogen-bond acceptors (Lipinski definition) is 27. The third-order valence-electron chi connectivity index (χ3n) is 15.4. The molecule has 0 saturated carbocycles. The van der Waals surface area contributed by atoms with Crippen molar-refractivity contribution in [1.29, 1.82) is 0 Å². The van der Waals surface area contributed by atoms with Crippen LogP contribution in [0.15, 0.2) is 35.1 Å². The average molecular weight is 1410 g/mol. The second-order valence-corrected chi connectivity index (χ2v) is 26.9. The molecule has 4 fully saturated rings. The standard InChI is InChI=1S/C58H78IN3O23S3/c1-13-60-31-25-78-36(23-35(31)73-8)83-49-44(66)41(27(3)80-54(49)82-34-18-16-14-15-17-20-58(72)24-33(64)42(61-56(71)77-12)39(34)30(58)19-21-86-88-57(6,7)55(69)70)62-85-37-22-32(63)51(29(5)79-37)87-52(68)38-26(2)40(59)47(50(76-11)46(38)74-9)84-53-45(67)48(75-10)43(65)28(4)81-53/h14-15,19,27-29,31-32,34-37,41,43-45,48-49,51,53-54,60,62-63,65-67,72H,13,21-25H2,1-12H3,(H,61,71)(H,69,70)/b15-14?,30-19+/t27-,28+,29-,31+,32+,34+,35+,36+,37+,41-,43+,44+,45-,48-,49-,51-,53+,54+,58+/m1/s1. The molecule has 488 valence electrons. The van der Waals surface area contributed by atoms with Gasteiger partial charge < -0.3 is 92.8 Å². The highest BCUT2D eigenvalue weighted by molar-refractivity contribution is 14.1. The minimum Gasteiger partial charge on any atom is -0.492 e. The summed E-state index contributed by atoms with van der Waals surface area (Å²) in [6, 6.07) is -1.35. The van der Waals surface area contributed by atoms with E-state index in [1.807, 2.05) is 29.5 Å². The molecule has 0 aromatic heterocycles. The van der Waals surface area contributed by atoms with Crippen LogP contribution < -0.4 is 30.3 Å². The Balaban J connectivity index is 1.13. The predicted molar refractivity (Wildman–Crippen MR) is 328 cm³/mol. The number of halogens is 1. The van der Waals surface area contributed by atoms with Gasteiger partial charge in [0.1, 0.15) is 41.4 Å². The molecule has 88 heavy (non-hydrogen) atoms. The van der Waals surface area contributed by atoms with Crippen molar-refractivity contribution < 1.29 is 111 Å². The number of hydroxylamine groups is 1. The molecule has 19 atom stereocenters. The van der Waals surface area contributed by atoms with Crippen molar-refractivity contribution in [1.82, 2.24) is 16.1 Å². The van der Waals surface area contributed by atoms with Gasteiger partial charge in [0.25, 0.3) is 0 Å². The first-order chi connectivity index (χ1) is 41.8. The Bertz CT molecular complexity index is 2900. The van der Waals surface area contributed by atoms with Crippen molar-refractivity contribution in [2.24, 2.45) is 0 Å². The summed E-state index contributed by atoms with van der Waals surface area (Å²) in [5.41, 5.74) is 0.761. The molecular weight excluding hydrogens is 1330 g/mol. The van der Waals surface area contributed by atoms with Gasteiger partial charge in [0.15, 0.2) is 41.8 Å². The van der Waals surface area contributed by atoms with Gasteiger partial charge in [-0.25, -0.2) is 4.79 Å². The van der Waals surface area contributed by atoms with E-state index in [-0.39, 0.29) is 70.9 Å². The van der Waals surface area contributed by atoms with Crippen LogP contribution >= 0.6 is 55.9 Å². The monoisotopic (exact) mass is 1410 g/mol. The van der Waals surface area contributed by atoms with Crippen molar-refractivity contribution in [3.05, 3.63) is 49.8 Å². The molecule has 1 amide bonds. The topological polar surface area (TPSA) is 346 Å².